The van der Waals surface area contributed by atoms with Crippen molar-refractivity contribution >= 4 is 11.5 Å². The van der Waals surface area contributed by atoms with Crippen LogP contribution in [0.15, 0.2) is 54.6 Å². The van der Waals surface area contributed by atoms with Gasteiger partial charge in [-0.25, -0.2) is 17.6 Å². The van der Waals surface area contributed by atoms with Gasteiger partial charge in [0.05, 0.1) is 12.5 Å². The van der Waals surface area contributed by atoms with Gasteiger partial charge in [0.15, 0.2) is 34.8 Å². The van der Waals surface area contributed by atoms with E-state index in [4.69, 9.17) is 9.47 Å². The van der Waals surface area contributed by atoms with Crippen molar-refractivity contribution in [2.24, 2.45) is 5.92 Å². The number of allylic oxidation sites excluding steroid dienone is 4. The van der Waals surface area contributed by atoms with E-state index in [0.717, 1.165) is 0 Å². The molecule has 0 heterocycles. The lowest BCUT2D eigenvalue weighted by Crippen LogP contribution is -2.26. The van der Waals surface area contributed by atoms with Crippen molar-refractivity contribution in [1.82, 2.24) is 0 Å². The zero-order valence-electron chi connectivity index (χ0n) is 26.5. The third-order valence-corrected chi connectivity index (χ3v) is 9.34. The molecule has 0 spiro atoms. The molecule has 9 heteroatoms. The van der Waals surface area contributed by atoms with Crippen molar-refractivity contribution < 1.29 is 40.6 Å². The summed E-state index contributed by atoms with van der Waals surface area (Å²) in [6.07, 6.45) is 8.98. The Morgan fingerprint density at radius 2 is 1.43 bits per heavy atom. The Kier molecular flexibility index (Phi) is 11.1. The highest BCUT2D eigenvalue weighted by atomic mass is 19.2. The molecule has 0 bridgehead atoms. The first kappa shape index (κ1) is 34.3. The largest absolute Gasteiger partial charge is 0.491 e. The van der Waals surface area contributed by atoms with Gasteiger partial charge in [0.1, 0.15) is 0 Å². The highest BCUT2D eigenvalue weighted by Crippen LogP contribution is 2.41. The van der Waals surface area contributed by atoms with Gasteiger partial charge in [-0.3, -0.25) is 4.79 Å². The second-order valence-electron chi connectivity index (χ2n) is 12.2. The molecule has 0 saturated heterocycles. The van der Waals surface area contributed by atoms with Crippen molar-refractivity contribution in [3.63, 3.8) is 0 Å². The van der Waals surface area contributed by atoms with E-state index in [-0.39, 0.29) is 41.4 Å². The average Bonchev–Trinajstić information content (AvgIpc) is 3.08. The van der Waals surface area contributed by atoms with Gasteiger partial charge in [-0.15, -0.1) is 0 Å². The number of halogens is 6. The van der Waals surface area contributed by atoms with Crippen LogP contribution < -0.4 is 9.47 Å². The fourth-order valence-electron chi connectivity index (χ4n) is 6.70. The minimum Gasteiger partial charge on any atom is -0.491 e. The molecule has 3 aromatic rings. The van der Waals surface area contributed by atoms with Crippen LogP contribution in [-0.2, 0) is 11.2 Å². The average molecular weight is 657 g/mol. The van der Waals surface area contributed by atoms with Crippen LogP contribution in [0.4, 0.5) is 26.3 Å². The second-order valence-corrected chi connectivity index (χ2v) is 12.2. The molecule has 1 atom stereocenters. The van der Waals surface area contributed by atoms with Crippen LogP contribution in [0.1, 0.15) is 99.3 Å². The van der Waals surface area contributed by atoms with Crippen LogP contribution in [0.3, 0.4) is 0 Å². The second kappa shape index (κ2) is 15.3. The number of rotatable bonds is 10. The van der Waals surface area contributed by atoms with Crippen molar-refractivity contribution in [2.45, 2.75) is 83.5 Å². The summed E-state index contributed by atoms with van der Waals surface area (Å²) in [5.41, 5.74) is 1.40. The third-order valence-electron chi connectivity index (χ3n) is 9.34. The van der Waals surface area contributed by atoms with E-state index in [0.29, 0.717) is 62.5 Å². The van der Waals surface area contributed by atoms with Crippen molar-refractivity contribution in [3.8, 4) is 11.5 Å². The van der Waals surface area contributed by atoms with Gasteiger partial charge in [-0.05, 0) is 124 Å². The number of esters is 1. The van der Waals surface area contributed by atoms with Gasteiger partial charge < -0.3 is 9.47 Å². The minimum absolute atomic E-state index is 0.109. The molecule has 2 aliphatic carbocycles. The monoisotopic (exact) mass is 656 g/mol. The molecule has 1 fully saturated rings. The Hall–Kier alpha value is -4.01. The molecular weight excluding hydrogens is 618 g/mol. The Morgan fingerprint density at radius 3 is 2.11 bits per heavy atom. The summed E-state index contributed by atoms with van der Waals surface area (Å²) >= 11 is 0. The van der Waals surface area contributed by atoms with E-state index in [2.05, 4.69) is 0 Å². The third kappa shape index (κ3) is 7.44. The van der Waals surface area contributed by atoms with Crippen LogP contribution in [0.2, 0.25) is 0 Å². The standard InChI is InChI=1S/C38H38F6O3/c1-3-5-6-7-25-16-17-27(33(40)32(25)39)24-12-14-26(15-13-24)38(45)47-31-21-19-29(35(42)37(31)44)23-10-8-22(9-11-23)28-18-20-30(46-4-2)36(43)34(28)41/h3,5,8,16-21,23-24,26H,4,6-7,9-15H2,1-2H3. The first-order chi connectivity index (χ1) is 22.6. The maximum atomic E-state index is 15.2. The first-order valence-corrected chi connectivity index (χ1v) is 16.2. The van der Waals surface area contributed by atoms with Gasteiger partial charge in [0.25, 0.3) is 0 Å². The van der Waals surface area contributed by atoms with Crippen LogP contribution in [0, 0.1) is 40.8 Å². The fraction of sp³-hybridized carbons (Fsp3) is 0.395. The van der Waals surface area contributed by atoms with Crippen LogP contribution in [-0.4, -0.2) is 12.6 Å². The van der Waals surface area contributed by atoms with Gasteiger partial charge in [0.2, 0.25) is 11.6 Å². The van der Waals surface area contributed by atoms with E-state index in [1.807, 2.05) is 19.1 Å². The van der Waals surface area contributed by atoms with Gasteiger partial charge in [-0.1, -0.05) is 36.4 Å². The van der Waals surface area contributed by atoms with Crippen LogP contribution >= 0.6 is 0 Å². The molecule has 250 valence electrons. The molecule has 0 aliphatic heterocycles. The smallest absolute Gasteiger partial charge is 0.314 e. The lowest BCUT2D eigenvalue weighted by Gasteiger charge is -2.28. The van der Waals surface area contributed by atoms with E-state index in [1.54, 1.807) is 25.1 Å². The van der Waals surface area contributed by atoms with Crippen molar-refractivity contribution in [3.05, 3.63) is 112 Å². The number of carbonyl (C=O) groups is 1. The summed E-state index contributed by atoms with van der Waals surface area (Å²) < 4.78 is 99.4. The Morgan fingerprint density at radius 1 is 0.766 bits per heavy atom. The lowest BCUT2D eigenvalue weighted by molar-refractivity contribution is -0.140. The highest BCUT2D eigenvalue weighted by molar-refractivity contribution is 5.75. The summed E-state index contributed by atoms with van der Waals surface area (Å²) in [4.78, 5) is 12.9. The molecule has 0 amide bonds. The summed E-state index contributed by atoms with van der Waals surface area (Å²) in [7, 11) is 0. The molecule has 2 aliphatic rings. The number of hydrogen-bond acceptors (Lipinski definition) is 3. The van der Waals surface area contributed by atoms with Gasteiger partial charge >= 0.3 is 5.97 Å². The normalized spacial score (nSPS) is 19.9. The van der Waals surface area contributed by atoms with Crippen molar-refractivity contribution in [1.29, 1.82) is 0 Å². The van der Waals surface area contributed by atoms with Gasteiger partial charge in [-0.2, -0.15) is 8.78 Å². The lowest BCUT2D eigenvalue weighted by atomic mass is 9.78. The molecular formula is C38H38F6O3. The summed E-state index contributed by atoms with van der Waals surface area (Å²) in [5, 5.41) is 0. The van der Waals surface area contributed by atoms with E-state index >= 15 is 8.78 Å². The highest BCUT2D eigenvalue weighted by Gasteiger charge is 2.32. The molecule has 1 saturated carbocycles. The zero-order valence-corrected chi connectivity index (χ0v) is 26.5. The quantitative estimate of drug-likeness (QED) is 0.0943. The maximum Gasteiger partial charge on any atom is 0.314 e. The molecule has 47 heavy (non-hydrogen) atoms. The summed E-state index contributed by atoms with van der Waals surface area (Å²) in [6.45, 7) is 3.73. The number of carbonyl (C=O) groups excluding carboxylic acids is 1. The molecule has 1 unspecified atom stereocenters. The predicted molar refractivity (Wildman–Crippen MR) is 168 cm³/mol. The molecule has 0 N–H and O–H groups in total. The summed E-state index contributed by atoms with van der Waals surface area (Å²) in [5.74, 6) is -8.80. The number of hydrogen-bond donors (Lipinski definition) is 0. The molecule has 5 rings (SSSR count). The molecule has 3 nitrogen and oxygen atoms in total. The molecule has 0 aromatic heterocycles. The Labute approximate surface area is 271 Å². The predicted octanol–water partition coefficient (Wildman–Crippen LogP) is 10.7. The maximum absolute atomic E-state index is 15.2. The Balaban J connectivity index is 1.19. The van der Waals surface area contributed by atoms with Gasteiger partial charge in [0, 0.05) is 5.56 Å². The van der Waals surface area contributed by atoms with Crippen LogP contribution in [0.25, 0.3) is 5.57 Å². The van der Waals surface area contributed by atoms with Crippen LogP contribution in [0.5, 0.6) is 11.5 Å². The topological polar surface area (TPSA) is 35.5 Å². The first-order valence-electron chi connectivity index (χ1n) is 16.2. The Bertz CT molecular complexity index is 1670. The van der Waals surface area contributed by atoms with Crippen molar-refractivity contribution in [2.75, 3.05) is 6.61 Å². The number of ether oxygens (including phenoxy) is 2. The molecule has 0 radical (unpaired) electrons. The fourth-order valence-corrected chi connectivity index (χ4v) is 6.70. The SMILES string of the molecule is CC=CCCc1ccc(C2CCC(C(=O)Oc3ccc(C4CC=C(c5ccc(OCC)c(F)c5F)CC4)c(F)c3F)CC2)c(F)c1F. The van der Waals surface area contributed by atoms with E-state index in [9.17, 15) is 22.4 Å². The van der Waals surface area contributed by atoms with E-state index in [1.165, 1.54) is 24.3 Å². The van der Waals surface area contributed by atoms with E-state index < -0.39 is 58.5 Å². The summed E-state index contributed by atoms with van der Waals surface area (Å²) in [6, 6.07) is 8.68. The number of benzene rings is 3. The number of aryl methyl sites for hydroxylation is 1. The zero-order chi connectivity index (χ0) is 33.7. The minimum atomic E-state index is -1.27. The molecule has 3 aromatic carbocycles.